The van der Waals surface area contributed by atoms with Crippen LogP contribution in [0.2, 0.25) is 0 Å². The number of nitrogens with one attached hydrogen (secondary N) is 2. The number of hydrogen-bond acceptors (Lipinski definition) is 5. The van der Waals surface area contributed by atoms with Gasteiger partial charge in [0, 0.05) is 18.3 Å². The first-order valence-electron chi connectivity index (χ1n) is 7.79. The highest BCUT2D eigenvalue weighted by Gasteiger charge is 2.26. The number of rotatable bonds is 4. The van der Waals surface area contributed by atoms with E-state index in [4.69, 9.17) is 9.47 Å². The average molecular weight is 340 g/mol. The third kappa shape index (κ3) is 2.76. The molecule has 25 heavy (non-hydrogen) atoms. The van der Waals surface area contributed by atoms with Crippen LogP contribution in [0.25, 0.3) is 16.6 Å². The van der Waals surface area contributed by atoms with Crippen LogP contribution in [0.4, 0.5) is 5.82 Å². The Morgan fingerprint density at radius 2 is 2.24 bits per heavy atom. The highest BCUT2D eigenvalue weighted by atomic mass is 16.5. The van der Waals surface area contributed by atoms with Gasteiger partial charge in [0.15, 0.2) is 0 Å². The van der Waals surface area contributed by atoms with Gasteiger partial charge in [-0.25, -0.2) is 4.98 Å². The zero-order chi connectivity index (χ0) is 17.4. The number of aromatic nitrogens is 3. The fourth-order valence-corrected chi connectivity index (χ4v) is 2.66. The Bertz CT molecular complexity index is 1000. The summed E-state index contributed by atoms with van der Waals surface area (Å²) in [5, 5.41) is 5.98. The predicted molar refractivity (Wildman–Crippen MR) is 91.2 cm³/mol. The summed E-state index contributed by atoms with van der Waals surface area (Å²) < 4.78 is 11.9. The Morgan fingerprint density at radius 3 is 2.96 bits per heavy atom. The summed E-state index contributed by atoms with van der Waals surface area (Å²) in [6, 6.07) is 8.98. The Hall–Kier alpha value is -3.13. The molecule has 0 bridgehead atoms. The molecule has 1 fully saturated rings. The maximum absolute atomic E-state index is 12.2. The van der Waals surface area contributed by atoms with Crippen LogP contribution in [0, 0.1) is 5.92 Å². The summed E-state index contributed by atoms with van der Waals surface area (Å²) in [6.45, 7) is 0.847. The van der Waals surface area contributed by atoms with Crippen molar-refractivity contribution in [3.05, 3.63) is 46.9 Å². The minimum Gasteiger partial charge on any atom is -0.497 e. The van der Waals surface area contributed by atoms with Crippen LogP contribution in [-0.2, 0) is 9.53 Å². The number of pyridine rings is 1. The van der Waals surface area contributed by atoms with E-state index in [-0.39, 0.29) is 17.4 Å². The molecule has 3 heterocycles. The number of nitrogens with zero attached hydrogens (tertiary/aromatic N) is 2. The van der Waals surface area contributed by atoms with Crippen LogP contribution < -0.4 is 15.6 Å². The van der Waals surface area contributed by atoms with Crippen LogP contribution in [0.3, 0.4) is 0 Å². The molecule has 1 aliphatic heterocycles. The molecule has 1 aliphatic rings. The molecule has 2 aromatic heterocycles. The smallest absolute Gasteiger partial charge is 0.273 e. The van der Waals surface area contributed by atoms with Crippen molar-refractivity contribution in [2.24, 2.45) is 5.92 Å². The second-order valence-corrected chi connectivity index (χ2v) is 5.79. The van der Waals surface area contributed by atoms with Crippen LogP contribution in [-0.4, -0.2) is 41.0 Å². The van der Waals surface area contributed by atoms with Crippen molar-refractivity contribution in [3.8, 4) is 11.4 Å². The molecule has 0 aliphatic carbocycles. The van der Waals surface area contributed by atoms with Crippen molar-refractivity contribution in [1.29, 1.82) is 0 Å². The van der Waals surface area contributed by atoms with Crippen molar-refractivity contribution in [3.63, 3.8) is 0 Å². The van der Waals surface area contributed by atoms with Gasteiger partial charge in [0.1, 0.15) is 11.6 Å². The maximum Gasteiger partial charge on any atom is 0.273 e. The number of H-pyrrole nitrogens is 1. The molecule has 2 N–H and O–H groups in total. The Balaban J connectivity index is 1.75. The Morgan fingerprint density at radius 1 is 1.40 bits per heavy atom. The van der Waals surface area contributed by atoms with Crippen molar-refractivity contribution < 1.29 is 14.3 Å². The van der Waals surface area contributed by atoms with Crippen LogP contribution in [0.15, 0.2) is 41.3 Å². The van der Waals surface area contributed by atoms with Gasteiger partial charge in [0.05, 0.1) is 42.8 Å². The first-order chi connectivity index (χ1) is 12.2. The van der Waals surface area contributed by atoms with E-state index in [1.54, 1.807) is 23.9 Å². The summed E-state index contributed by atoms with van der Waals surface area (Å²) in [5.41, 5.74) is 1.10. The van der Waals surface area contributed by atoms with Crippen LogP contribution >= 0.6 is 0 Å². The van der Waals surface area contributed by atoms with Gasteiger partial charge in [0.2, 0.25) is 5.91 Å². The zero-order valence-electron chi connectivity index (χ0n) is 13.5. The molecule has 8 nitrogen and oxygen atoms in total. The first kappa shape index (κ1) is 15.4. The molecule has 1 amide bonds. The topological polar surface area (TPSA) is 98.2 Å². The lowest BCUT2D eigenvalue weighted by Gasteiger charge is -2.24. The standard InChI is InChI=1S/C17H16N4O4/c1-24-12-4-2-3-11(5-12)21-14-6-15(18-7-13(14)17(23)20-21)19-16(22)10-8-25-9-10/h2-7,10H,8-9H2,1H3,(H,20,23)(H,18,19,22). The van der Waals surface area contributed by atoms with Crippen molar-refractivity contribution in [2.45, 2.75) is 0 Å². The summed E-state index contributed by atoms with van der Waals surface area (Å²) in [7, 11) is 1.58. The SMILES string of the molecule is COc1cccc(-n2[nH]c(=O)c3cnc(NC(=O)C4COC4)cc32)c1. The van der Waals surface area contributed by atoms with Gasteiger partial charge in [-0.1, -0.05) is 6.07 Å². The molecule has 4 rings (SSSR count). The Kier molecular flexibility index (Phi) is 3.73. The van der Waals surface area contributed by atoms with Crippen molar-refractivity contribution >= 4 is 22.6 Å². The number of aromatic amines is 1. The Labute approximate surface area is 142 Å². The monoisotopic (exact) mass is 340 g/mol. The summed E-state index contributed by atoms with van der Waals surface area (Å²) >= 11 is 0. The number of methoxy groups -OCH3 is 1. The number of carbonyl (C=O) groups is 1. The van der Waals surface area contributed by atoms with E-state index in [1.165, 1.54) is 6.20 Å². The fourth-order valence-electron chi connectivity index (χ4n) is 2.66. The van der Waals surface area contributed by atoms with E-state index < -0.39 is 0 Å². The molecule has 0 spiro atoms. The quantitative estimate of drug-likeness (QED) is 0.746. The number of ether oxygens (including phenoxy) is 2. The molecular weight excluding hydrogens is 324 g/mol. The van der Waals surface area contributed by atoms with Crippen molar-refractivity contribution in [2.75, 3.05) is 25.6 Å². The molecule has 1 saturated heterocycles. The fraction of sp³-hybridized carbons (Fsp3) is 0.235. The van der Waals surface area contributed by atoms with E-state index >= 15 is 0 Å². The number of hydrogen-bond donors (Lipinski definition) is 2. The highest BCUT2D eigenvalue weighted by molar-refractivity contribution is 5.94. The summed E-state index contributed by atoms with van der Waals surface area (Å²) in [5.74, 6) is 0.779. The van der Waals surface area contributed by atoms with Gasteiger partial charge in [-0.15, -0.1) is 0 Å². The van der Waals surface area contributed by atoms with E-state index in [9.17, 15) is 9.59 Å². The van der Waals surface area contributed by atoms with Crippen LogP contribution in [0.5, 0.6) is 5.75 Å². The van der Waals surface area contributed by atoms with E-state index in [0.29, 0.717) is 35.7 Å². The third-order valence-corrected chi connectivity index (χ3v) is 4.15. The lowest BCUT2D eigenvalue weighted by atomic mass is 10.1. The largest absolute Gasteiger partial charge is 0.497 e. The van der Waals surface area contributed by atoms with E-state index in [1.807, 2.05) is 18.2 Å². The number of anilines is 1. The minimum absolute atomic E-state index is 0.135. The molecule has 128 valence electrons. The molecule has 8 heteroatoms. The van der Waals surface area contributed by atoms with Gasteiger partial charge >= 0.3 is 0 Å². The first-order valence-corrected chi connectivity index (χ1v) is 7.79. The van der Waals surface area contributed by atoms with Gasteiger partial charge < -0.3 is 14.8 Å². The number of amides is 1. The molecule has 0 saturated carbocycles. The molecular formula is C17H16N4O4. The third-order valence-electron chi connectivity index (χ3n) is 4.15. The van der Waals surface area contributed by atoms with Crippen molar-refractivity contribution in [1.82, 2.24) is 14.8 Å². The normalized spacial score (nSPS) is 14.3. The van der Waals surface area contributed by atoms with E-state index in [2.05, 4.69) is 15.4 Å². The van der Waals surface area contributed by atoms with E-state index in [0.717, 1.165) is 5.69 Å². The highest BCUT2D eigenvalue weighted by Crippen LogP contribution is 2.21. The van der Waals surface area contributed by atoms with Crippen LogP contribution in [0.1, 0.15) is 0 Å². The van der Waals surface area contributed by atoms with Gasteiger partial charge in [-0.3, -0.25) is 19.4 Å². The second kappa shape index (κ2) is 6.06. The molecule has 0 radical (unpaired) electrons. The summed E-state index contributed by atoms with van der Waals surface area (Å²) in [4.78, 5) is 28.4. The molecule has 0 unspecified atom stereocenters. The van der Waals surface area contributed by atoms with Gasteiger partial charge in [-0.05, 0) is 12.1 Å². The molecule has 1 aromatic carbocycles. The number of carbonyl (C=O) groups excluding carboxylic acids is 1. The maximum atomic E-state index is 12.2. The zero-order valence-corrected chi connectivity index (χ0v) is 13.5. The molecule has 0 atom stereocenters. The predicted octanol–water partition coefficient (Wildman–Crippen LogP) is 1.31. The van der Waals surface area contributed by atoms with Gasteiger partial charge in [-0.2, -0.15) is 0 Å². The number of fused-ring (bicyclic) bond motifs is 1. The summed E-state index contributed by atoms with van der Waals surface area (Å²) in [6.07, 6.45) is 1.46. The lowest BCUT2D eigenvalue weighted by Crippen LogP contribution is -2.38. The second-order valence-electron chi connectivity index (χ2n) is 5.79. The lowest BCUT2D eigenvalue weighted by molar-refractivity contribution is -0.133. The molecule has 3 aromatic rings. The average Bonchev–Trinajstić information content (AvgIpc) is 2.90. The number of benzene rings is 1. The minimum atomic E-state index is -0.254. The van der Waals surface area contributed by atoms with Gasteiger partial charge in [0.25, 0.3) is 5.56 Å².